The van der Waals surface area contributed by atoms with E-state index in [9.17, 15) is 8.42 Å². The Morgan fingerprint density at radius 3 is 2.45 bits per heavy atom. The van der Waals surface area contributed by atoms with Crippen molar-refractivity contribution < 1.29 is 13.5 Å². The molecule has 0 unspecified atom stereocenters. The number of aryl methyl sites for hydroxylation is 2. The second-order valence-electron chi connectivity index (χ2n) is 5.43. The van der Waals surface area contributed by atoms with Crippen molar-refractivity contribution in [1.82, 2.24) is 4.31 Å². The third-order valence-corrected chi connectivity index (χ3v) is 5.46. The van der Waals surface area contributed by atoms with E-state index in [-0.39, 0.29) is 12.5 Å². The van der Waals surface area contributed by atoms with Crippen LogP contribution in [-0.4, -0.2) is 37.5 Å². The van der Waals surface area contributed by atoms with Crippen LogP contribution in [0, 0.1) is 19.8 Å². The fraction of sp³-hybridized carbons (Fsp3) is 0.571. The SMILES string of the molecule is Cc1ccc(NS(=O)(=O)N2CCC(CO)CC2)cc1C. The number of nitrogens with zero attached hydrogens (tertiary/aromatic N) is 1. The van der Waals surface area contributed by atoms with Gasteiger partial charge in [-0.25, -0.2) is 0 Å². The Morgan fingerprint density at radius 2 is 1.90 bits per heavy atom. The molecule has 1 heterocycles. The van der Waals surface area contributed by atoms with E-state index in [1.165, 1.54) is 4.31 Å². The van der Waals surface area contributed by atoms with Crippen molar-refractivity contribution in [1.29, 1.82) is 0 Å². The fourth-order valence-electron chi connectivity index (χ4n) is 2.35. The van der Waals surface area contributed by atoms with Crippen molar-refractivity contribution in [3.8, 4) is 0 Å². The number of hydrogen-bond donors (Lipinski definition) is 2. The number of aliphatic hydroxyl groups is 1. The molecule has 2 N–H and O–H groups in total. The van der Waals surface area contributed by atoms with Crippen molar-refractivity contribution >= 4 is 15.9 Å². The van der Waals surface area contributed by atoms with Gasteiger partial charge in [-0.15, -0.1) is 0 Å². The topological polar surface area (TPSA) is 69.6 Å². The first kappa shape index (κ1) is 15.3. The van der Waals surface area contributed by atoms with Gasteiger partial charge in [0.25, 0.3) is 0 Å². The average Bonchev–Trinajstić information content (AvgIpc) is 2.43. The second-order valence-corrected chi connectivity index (χ2v) is 7.10. The molecule has 2 rings (SSSR count). The van der Waals surface area contributed by atoms with Crippen LogP contribution in [0.2, 0.25) is 0 Å². The summed E-state index contributed by atoms with van der Waals surface area (Å²) in [6.45, 7) is 5.02. The van der Waals surface area contributed by atoms with Crippen LogP contribution in [0.1, 0.15) is 24.0 Å². The molecule has 1 aliphatic rings. The number of benzene rings is 1. The van der Waals surface area contributed by atoms with Crippen LogP contribution in [0.4, 0.5) is 5.69 Å². The predicted octanol–water partition coefficient (Wildman–Crippen LogP) is 1.66. The van der Waals surface area contributed by atoms with Gasteiger partial charge in [0.1, 0.15) is 0 Å². The van der Waals surface area contributed by atoms with E-state index in [2.05, 4.69) is 4.72 Å². The minimum absolute atomic E-state index is 0.137. The summed E-state index contributed by atoms with van der Waals surface area (Å²) in [6.07, 6.45) is 1.43. The standard InChI is InChI=1S/C14H22N2O3S/c1-11-3-4-14(9-12(11)2)15-20(18,19)16-7-5-13(10-17)6-8-16/h3-4,9,13,15,17H,5-8,10H2,1-2H3. The lowest BCUT2D eigenvalue weighted by molar-refractivity contribution is 0.170. The van der Waals surface area contributed by atoms with Crippen molar-refractivity contribution in [3.05, 3.63) is 29.3 Å². The summed E-state index contributed by atoms with van der Waals surface area (Å²) in [7, 11) is -3.50. The third-order valence-electron chi connectivity index (χ3n) is 3.93. The molecule has 0 radical (unpaired) electrons. The first-order valence-corrected chi connectivity index (χ1v) is 8.32. The fourth-order valence-corrected chi connectivity index (χ4v) is 3.60. The summed E-state index contributed by atoms with van der Waals surface area (Å²) >= 11 is 0. The van der Waals surface area contributed by atoms with Crippen molar-refractivity contribution in [2.75, 3.05) is 24.4 Å². The maximum absolute atomic E-state index is 12.3. The molecule has 5 nitrogen and oxygen atoms in total. The number of piperidine rings is 1. The molecule has 1 aliphatic heterocycles. The van der Waals surface area contributed by atoms with Gasteiger partial charge in [0.15, 0.2) is 0 Å². The molecule has 6 heteroatoms. The molecular weight excluding hydrogens is 276 g/mol. The summed E-state index contributed by atoms with van der Waals surface area (Å²) < 4.78 is 28.7. The van der Waals surface area contributed by atoms with Gasteiger partial charge in [-0.3, -0.25) is 4.72 Å². The lowest BCUT2D eigenvalue weighted by atomic mass is 10.00. The van der Waals surface area contributed by atoms with E-state index < -0.39 is 10.2 Å². The number of rotatable bonds is 4. The predicted molar refractivity (Wildman–Crippen MR) is 79.8 cm³/mol. The largest absolute Gasteiger partial charge is 0.396 e. The molecule has 0 aromatic heterocycles. The average molecular weight is 298 g/mol. The van der Waals surface area contributed by atoms with Crippen molar-refractivity contribution in [2.45, 2.75) is 26.7 Å². The van der Waals surface area contributed by atoms with E-state index in [4.69, 9.17) is 5.11 Å². The normalized spacial score (nSPS) is 18.1. The molecule has 0 aliphatic carbocycles. The molecule has 0 atom stereocenters. The van der Waals surface area contributed by atoms with Gasteiger partial charge in [0.2, 0.25) is 0 Å². The molecule has 0 amide bonds. The van der Waals surface area contributed by atoms with Crippen LogP contribution in [0.15, 0.2) is 18.2 Å². The van der Waals surface area contributed by atoms with Gasteiger partial charge in [-0.1, -0.05) is 6.07 Å². The lowest BCUT2D eigenvalue weighted by Crippen LogP contribution is -2.42. The Bertz CT molecular complexity index is 564. The van der Waals surface area contributed by atoms with E-state index in [1.54, 1.807) is 6.07 Å². The van der Waals surface area contributed by atoms with Crippen molar-refractivity contribution in [3.63, 3.8) is 0 Å². The zero-order valence-electron chi connectivity index (χ0n) is 12.0. The highest BCUT2D eigenvalue weighted by molar-refractivity contribution is 7.90. The Balaban J connectivity index is 2.05. The minimum Gasteiger partial charge on any atom is -0.396 e. The highest BCUT2D eigenvalue weighted by Gasteiger charge is 2.27. The molecule has 0 bridgehead atoms. The number of anilines is 1. The van der Waals surface area contributed by atoms with Crippen LogP contribution in [0.5, 0.6) is 0 Å². The molecule has 0 spiro atoms. The van der Waals surface area contributed by atoms with Crippen LogP contribution < -0.4 is 4.72 Å². The summed E-state index contributed by atoms with van der Waals surface area (Å²) in [5.74, 6) is 0.225. The first-order chi connectivity index (χ1) is 9.42. The maximum Gasteiger partial charge on any atom is 0.301 e. The zero-order valence-corrected chi connectivity index (χ0v) is 12.8. The second kappa shape index (κ2) is 6.11. The van der Waals surface area contributed by atoms with E-state index in [0.717, 1.165) is 11.1 Å². The molecule has 20 heavy (non-hydrogen) atoms. The zero-order chi connectivity index (χ0) is 14.8. The Hall–Kier alpha value is -1.11. The van der Waals surface area contributed by atoms with Gasteiger partial charge in [0, 0.05) is 19.7 Å². The quantitative estimate of drug-likeness (QED) is 0.888. The van der Waals surface area contributed by atoms with Crippen LogP contribution in [0.25, 0.3) is 0 Å². The van der Waals surface area contributed by atoms with Gasteiger partial charge < -0.3 is 5.11 Å². The van der Waals surface area contributed by atoms with Crippen LogP contribution >= 0.6 is 0 Å². The molecule has 1 aromatic rings. The van der Waals surface area contributed by atoms with Gasteiger partial charge >= 0.3 is 10.2 Å². The molecule has 1 fully saturated rings. The van der Waals surface area contributed by atoms with E-state index >= 15 is 0 Å². The van der Waals surface area contributed by atoms with E-state index in [1.807, 2.05) is 26.0 Å². The van der Waals surface area contributed by atoms with Gasteiger partial charge in [-0.05, 0) is 55.9 Å². The number of hydrogen-bond acceptors (Lipinski definition) is 3. The minimum atomic E-state index is -3.50. The summed E-state index contributed by atoms with van der Waals surface area (Å²) in [4.78, 5) is 0. The monoisotopic (exact) mass is 298 g/mol. The summed E-state index contributed by atoms with van der Waals surface area (Å²) in [5.41, 5.74) is 2.79. The Morgan fingerprint density at radius 1 is 1.25 bits per heavy atom. The van der Waals surface area contributed by atoms with Crippen LogP contribution in [0.3, 0.4) is 0 Å². The first-order valence-electron chi connectivity index (χ1n) is 6.88. The molecule has 112 valence electrons. The van der Waals surface area contributed by atoms with Crippen LogP contribution in [-0.2, 0) is 10.2 Å². The van der Waals surface area contributed by atoms with E-state index in [0.29, 0.717) is 31.6 Å². The molecular formula is C14H22N2O3S. The lowest BCUT2D eigenvalue weighted by Gasteiger charge is -2.30. The summed E-state index contributed by atoms with van der Waals surface area (Å²) in [5, 5.41) is 9.09. The molecule has 1 aromatic carbocycles. The van der Waals surface area contributed by atoms with Crippen molar-refractivity contribution in [2.24, 2.45) is 5.92 Å². The highest BCUT2D eigenvalue weighted by Crippen LogP contribution is 2.21. The number of aliphatic hydroxyl groups excluding tert-OH is 1. The molecule has 1 saturated heterocycles. The Kier molecular flexibility index (Phi) is 4.67. The number of nitrogens with one attached hydrogen (secondary N) is 1. The maximum atomic E-state index is 12.3. The highest BCUT2D eigenvalue weighted by atomic mass is 32.2. The molecule has 0 saturated carbocycles. The summed E-state index contributed by atoms with van der Waals surface area (Å²) in [6, 6.07) is 5.53. The third kappa shape index (κ3) is 3.50. The Labute approximate surface area is 120 Å². The smallest absolute Gasteiger partial charge is 0.301 e. The van der Waals surface area contributed by atoms with Gasteiger partial charge in [-0.2, -0.15) is 12.7 Å². The van der Waals surface area contributed by atoms with Gasteiger partial charge in [0.05, 0.1) is 5.69 Å².